The van der Waals surface area contributed by atoms with Gasteiger partial charge < -0.3 is 15.3 Å². The van der Waals surface area contributed by atoms with E-state index < -0.39 is 33.0 Å². The lowest BCUT2D eigenvalue weighted by molar-refractivity contribution is -0.149. The van der Waals surface area contributed by atoms with E-state index >= 15 is 0 Å². The fourth-order valence-electron chi connectivity index (χ4n) is 3.09. The number of nitrogens with zero attached hydrogens (tertiary/aromatic N) is 1. The summed E-state index contributed by atoms with van der Waals surface area (Å²) < 4.78 is 32.7. The van der Waals surface area contributed by atoms with Crippen LogP contribution in [0.2, 0.25) is 5.02 Å². The molecule has 1 fully saturated rings. The second kappa shape index (κ2) is 7.74. The van der Waals surface area contributed by atoms with Crippen LogP contribution in [-0.4, -0.2) is 39.5 Å². The van der Waals surface area contributed by atoms with Gasteiger partial charge in [-0.2, -0.15) is 0 Å². The van der Waals surface area contributed by atoms with Gasteiger partial charge >= 0.3 is 0 Å². The van der Waals surface area contributed by atoms with E-state index in [4.69, 9.17) is 16.4 Å². The molecular weight excluding hydrogens is 421 g/mol. The van der Waals surface area contributed by atoms with Crippen molar-refractivity contribution in [2.24, 2.45) is 0 Å². The van der Waals surface area contributed by atoms with Crippen molar-refractivity contribution in [1.82, 2.24) is 5.32 Å². The third-order valence-corrected chi connectivity index (χ3v) is 6.04. The Kier molecular flexibility index (Phi) is 5.66. The summed E-state index contributed by atoms with van der Waals surface area (Å²) in [5.41, 5.74) is -1.44. The molecule has 0 aliphatic carbocycles. The van der Waals surface area contributed by atoms with E-state index in [1.165, 1.54) is 47.6 Å². The molecule has 0 spiro atoms. The lowest BCUT2D eigenvalue weighted by Gasteiger charge is -2.22. The molecule has 0 aromatic heterocycles. The molecule has 7 nitrogen and oxygen atoms in total. The Morgan fingerprint density at radius 2 is 2.00 bits per heavy atom. The smallest absolute Gasteiger partial charge is 0.268 e. The Morgan fingerprint density at radius 3 is 2.59 bits per heavy atom. The molecule has 2 aromatic rings. The first-order valence-corrected chi connectivity index (χ1v) is 11.0. The first-order chi connectivity index (χ1) is 13.5. The zero-order valence-corrected chi connectivity index (χ0v) is 17.0. The molecule has 10 heteroatoms. The van der Waals surface area contributed by atoms with E-state index in [0.717, 1.165) is 6.07 Å². The lowest BCUT2D eigenvalue weighted by Crippen LogP contribution is -2.52. The number of nitrogens with one attached hydrogen (secondary N) is 2. The van der Waals surface area contributed by atoms with Crippen LogP contribution in [0.25, 0.3) is 0 Å². The summed E-state index contributed by atoms with van der Waals surface area (Å²) in [7, 11) is -2.89. The third-order valence-electron chi connectivity index (χ3n) is 4.65. The van der Waals surface area contributed by atoms with Gasteiger partial charge in [0, 0.05) is 41.4 Å². The molecule has 0 saturated carbocycles. The van der Waals surface area contributed by atoms with Crippen molar-refractivity contribution in [2.75, 3.05) is 17.7 Å². The van der Waals surface area contributed by atoms with Crippen LogP contribution < -0.4 is 10.2 Å². The summed E-state index contributed by atoms with van der Waals surface area (Å²) in [6, 6.07) is 9.77. The van der Waals surface area contributed by atoms with E-state index in [9.17, 15) is 23.3 Å². The van der Waals surface area contributed by atoms with Gasteiger partial charge in [0.15, 0.2) is 0 Å². The van der Waals surface area contributed by atoms with Gasteiger partial charge in [0.1, 0.15) is 5.82 Å². The summed E-state index contributed by atoms with van der Waals surface area (Å²) >= 11 is 5.78. The Labute approximate surface area is 172 Å². The second-order valence-electron chi connectivity index (χ2n) is 6.86. The van der Waals surface area contributed by atoms with Crippen molar-refractivity contribution in [3.63, 3.8) is 0 Å². The minimum Gasteiger partial charge on any atom is -0.372 e. The monoisotopic (exact) mass is 439 g/mol. The van der Waals surface area contributed by atoms with E-state index in [1.54, 1.807) is 0 Å². The van der Waals surface area contributed by atoms with E-state index in [1.807, 2.05) is 0 Å². The van der Waals surface area contributed by atoms with Crippen molar-refractivity contribution in [3.05, 3.63) is 58.9 Å². The SMILES string of the molecule is C[S@](=N)(=O)c1ccc(N2CC[C@](O)(C(=O)NCc3cc(F)cc(Cl)c3)C2=O)cc1. The molecule has 3 rings (SSSR count). The van der Waals surface area contributed by atoms with Gasteiger partial charge in [0.2, 0.25) is 5.60 Å². The highest BCUT2D eigenvalue weighted by Gasteiger charge is 2.51. The van der Waals surface area contributed by atoms with E-state index in [0.29, 0.717) is 16.1 Å². The van der Waals surface area contributed by atoms with Crippen LogP contribution in [0, 0.1) is 10.6 Å². The molecule has 0 radical (unpaired) electrons. The molecule has 0 unspecified atom stereocenters. The summed E-state index contributed by atoms with van der Waals surface area (Å²) in [4.78, 5) is 26.8. The molecule has 3 N–H and O–H groups in total. The van der Waals surface area contributed by atoms with Gasteiger partial charge in [-0.15, -0.1) is 0 Å². The number of benzene rings is 2. The van der Waals surface area contributed by atoms with Crippen molar-refractivity contribution in [1.29, 1.82) is 4.78 Å². The molecule has 0 bridgehead atoms. The zero-order valence-electron chi connectivity index (χ0n) is 15.4. The molecule has 1 heterocycles. The fraction of sp³-hybridized carbons (Fsp3) is 0.263. The predicted octanol–water partition coefficient (Wildman–Crippen LogP) is 2.30. The summed E-state index contributed by atoms with van der Waals surface area (Å²) in [6.07, 6.45) is 1.17. The van der Waals surface area contributed by atoms with Crippen LogP contribution in [0.15, 0.2) is 47.4 Å². The Morgan fingerprint density at radius 1 is 1.34 bits per heavy atom. The summed E-state index contributed by atoms with van der Waals surface area (Å²) in [5.74, 6) is -2.23. The van der Waals surface area contributed by atoms with Crippen molar-refractivity contribution in [2.45, 2.75) is 23.5 Å². The van der Waals surface area contributed by atoms with Crippen molar-refractivity contribution >= 4 is 38.8 Å². The van der Waals surface area contributed by atoms with Crippen LogP contribution >= 0.6 is 11.6 Å². The van der Waals surface area contributed by atoms with Gasteiger partial charge in [-0.1, -0.05) is 11.6 Å². The van der Waals surface area contributed by atoms with Crippen LogP contribution in [-0.2, 0) is 25.9 Å². The van der Waals surface area contributed by atoms with Gasteiger partial charge in [0.25, 0.3) is 11.8 Å². The number of anilines is 1. The molecule has 1 aliphatic heterocycles. The standard InChI is InChI=1S/C19H19ClFN3O4S/c1-29(22,28)16-4-2-15(3-5-16)24-7-6-19(27,18(24)26)17(25)23-11-12-8-13(20)10-14(21)9-12/h2-5,8-10,22,27H,6-7,11H2,1H3,(H,23,25)/t19-,29-/m0/s1. The number of carbonyl (C=O) groups excluding carboxylic acids is 2. The van der Waals surface area contributed by atoms with Gasteiger partial charge in [0.05, 0.1) is 9.73 Å². The van der Waals surface area contributed by atoms with Crippen molar-refractivity contribution in [3.8, 4) is 0 Å². The predicted molar refractivity (Wildman–Crippen MR) is 107 cm³/mol. The van der Waals surface area contributed by atoms with Crippen LogP contribution in [0.3, 0.4) is 0 Å². The molecule has 2 atom stereocenters. The minimum atomic E-state index is -2.89. The molecular formula is C19H19ClFN3O4S. The second-order valence-corrected chi connectivity index (χ2v) is 9.46. The summed E-state index contributed by atoms with van der Waals surface area (Å²) in [5, 5.41) is 13.3. The van der Waals surface area contributed by atoms with Gasteiger partial charge in [-0.3, -0.25) is 9.59 Å². The average Bonchev–Trinajstić information content (AvgIpc) is 2.94. The number of rotatable bonds is 5. The van der Waals surface area contributed by atoms with Crippen LogP contribution in [0.5, 0.6) is 0 Å². The molecule has 154 valence electrons. The first kappa shape index (κ1) is 21.2. The lowest BCUT2D eigenvalue weighted by atomic mass is 10.0. The van der Waals surface area contributed by atoms with Crippen LogP contribution in [0.1, 0.15) is 12.0 Å². The number of carbonyl (C=O) groups is 2. The number of halogens is 2. The molecule has 2 amide bonds. The highest BCUT2D eigenvalue weighted by molar-refractivity contribution is 7.91. The highest BCUT2D eigenvalue weighted by Crippen LogP contribution is 2.29. The quantitative estimate of drug-likeness (QED) is 0.621. The molecule has 1 aliphatic rings. The topological polar surface area (TPSA) is 111 Å². The Balaban J connectivity index is 1.72. The maximum absolute atomic E-state index is 13.4. The number of aliphatic hydroxyl groups is 1. The van der Waals surface area contributed by atoms with Gasteiger partial charge in [-0.25, -0.2) is 13.4 Å². The number of hydrogen-bond acceptors (Lipinski definition) is 5. The largest absolute Gasteiger partial charge is 0.372 e. The summed E-state index contributed by atoms with van der Waals surface area (Å²) in [6.45, 7) is 0.00519. The average molecular weight is 440 g/mol. The number of amides is 2. The Hall–Kier alpha value is -2.49. The maximum atomic E-state index is 13.4. The minimum absolute atomic E-state index is 0.102. The van der Waals surface area contributed by atoms with E-state index in [2.05, 4.69) is 5.32 Å². The molecule has 1 saturated heterocycles. The third kappa shape index (κ3) is 4.42. The Bertz CT molecular complexity index is 1060. The highest BCUT2D eigenvalue weighted by atomic mass is 35.5. The molecule has 2 aromatic carbocycles. The normalized spacial score (nSPS) is 21.1. The van der Waals surface area contributed by atoms with Gasteiger partial charge in [-0.05, 0) is 48.0 Å². The maximum Gasteiger partial charge on any atom is 0.268 e. The first-order valence-electron chi connectivity index (χ1n) is 8.62. The fourth-order valence-corrected chi connectivity index (χ4v) is 3.99. The zero-order chi connectivity index (χ0) is 21.4. The van der Waals surface area contributed by atoms with E-state index in [-0.39, 0.29) is 24.5 Å². The van der Waals surface area contributed by atoms with Crippen molar-refractivity contribution < 1.29 is 23.3 Å². The number of hydrogen-bond donors (Lipinski definition) is 3. The molecule has 29 heavy (non-hydrogen) atoms. The van der Waals surface area contributed by atoms with Crippen LogP contribution in [0.4, 0.5) is 10.1 Å².